The molecule has 8 heteroatoms. The highest BCUT2D eigenvalue weighted by atomic mass is 35.5. The third-order valence-corrected chi connectivity index (χ3v) is 4.59. The lowest BCUT2D eigenvalue weighted by molar-refractivity contribution is -0.127. The monoisotopic (exact) mass is 341 g/mol. The van der Waals surface area contributed by atoms with Gasteiger partial charge in [0.25, 0.3) is 5.91 Å². The topological polar surface area (TPSA) is 87.3 Å². The van der Waals surface area contributed by atoms with Gasteiger partial charge in [0.15, 0.2) is 0 Å². The van der Waals surface area contributed by atoms with Crippen LogP contribution < -0.4 is 16.0 Å². The molecular weight excluding hydrogens is 329 g/mol. The van der Waals surface area contributed by atoms with Crippen LogP contribution in [0.5, 0.6) is 0 Å². The Kier molecular flexibility index (Phi) is 3.74. The molecule has 1 aromatic carbocycles. The van der Waals surface area contributed by atoms with Crippen LogP contribution in [0.25, 0.3) is 0 Å². The van der Waals surface area contributed by atoms with Crippen molar-refractivity contribution < 1.29 is 14.4 Å². The van der Waals surface area contributed by atoms with Crippen molar-refractivity contribution >= 4 is 41.0 Å². The Bertz CT molecular complexity index is 673. The number of hydrogen-bond acceptors (Lipinski definition) is 3. The number of carbonyl (C=O) groups excluding carboxylic acids is 3. The van der Waals surface area contributed by atoms with Crippen LogP contribution in [-0.4, -0.2) is 23.9 Å². The number of carbonyl (C=O) groups is 3. The van der Waals surface area contributed by atoms with E-state index < -0.39 is 23.5 Å². The molecule has 2 fully saturated rings. The standard InChI is InChI=1S/C14H13Cl2N3O3/c15-8-2-1-7(5-9(8)16)14(3-4-14)19-11(20)6-10-12(21)18-13(22)17-10/h1-2,5,10H,3-4,6H2,(H,19,20)(H2,17,18,21,22)/t10-/m1/s1. The second-order valence-corrected chi connectivity index (χ2v) is 6.29. The van der Waals surface area contributed by atoms with Gasteiger partial charge in [0, 0.05) is 0 Å². The molecule has 3 rings (SSSR count). The number of nitrogens with one attached hydrogen (secondary N) is 3. The van der Waals surface area contributed by atoms with Gasteiger partial charge in [0.1, 0.15) is 6.04 Å². The first-order chi connectivity index (χ1) is 10.4. The van der Waals surface area contributed by atoms with E-state index in [1.807, 2.05) is 6.07 Å². The number of amides is 4. The molecule has 4 amide bonds. The van der Waals surface area contributed by atoms with Crippen molar-refractivity contribution in [2.24, 2.45) is 0 Å². The van der Waals surface area contributed by atoms with E-state index in [4.69, 9.17) is 23.2 Å². The van der Waals surface area contributed by atoms with Crippen LogP contribution in [0.4, 0.5) is 4.79 Å². The van der Waals surface area contributed by atoms with Crippen molar-refractivity contribution in [2.75, 3.05) is 0 Å². The molecule has 1 aliphatic carbocycles. The molecule has 1 heterocycles. The summed E-state index contributed by atoms with van der Waals surface area (Å²) < 4.78 is 0. The Morgan fingerprint density at radius 3 is 2.55 bits per heavy atom. The second kappa shape index (κ2) is 5.44. The van der Waals surface area contributed by atoms with Gasteiger partial charge in [-0.25, -0.2) is 4.79 Å². The number of urea groups is 1. The minimum Gasteiger partial charge on any atom is -0.347 e. The molecule has 6 nitrogen and oxygen atoms in total. The van der Waals surface area contributed by atoms with Crippen molar-refractivity contribution in [1.29, 1.82) is 0 Å². The maximum atomic E-state index is 12.1. The summed E-state index contributed by atoms with van der Waals surface area (Å²) in [4.78, 5) is 34.6. The highest BCUT2D eigenvalue weighted by molar-refractivity contribution is 6.42. The summed E-state index contributed by atoms with van der Waals surface area (Å²) in [6.45, 7) is 0. The Morgan fingerprint density at radius 1 is 1.27 bits per heavy atom. The van der Waals surface area contributed by atoms with Crippen LogP contribution in [0.15, 0.2) is 18.2 Å². The summed E-state index contributed by atoms with van der Waals surface area (Å²) in [6.07, 6.45) is 1.49. The first-order valence-corrected chi connectivity index (χ1v) is 7.53. The molecule has 1 aromatic rings. The molecule has 1 saturated heterocycles. The molecule has 0 spiro atoms. The van der Waals surface area contributed by atoms with Crippen LogP contribution in [0, 0.1) is 0 Å². The molecule has 1 atom stereocenters. The predicted octanol–water partition coefficient (Wildman–Crippen LogP) is 1.70. The normalized spacial score (nSPS) is 22.0. The Morgan fingerprint density at radius 2 is 2.00 bits per heavy atom. The zero-order valence-corrected chi connectivity index (χ0v) is 12.9. The molecule has 0 aromatic heterocycles. The number of rotatable bonds is 4. The molecule has 22 heavy (non-hydrogen) atoms. The minimum absolute atomic E-state index is 0.0966. The SMILES string of the molecule is O=C(C[C@H]1NC(=O)NC1=O)NC1(c2ccc(Cl)c(Cl)c2)CC1. The summed E-state index contributed by atoms with van der Waals surface area (Å²) in [5, 5.41) is 8.30. The largest absolute Gasteiger partial charge is 0.347 e. The number of imide groups is 1. The van der Waals surface area contributed by atoms with Crippen LogP contribution in [0.3, 0.4) is 0 Å². The average Bonchev–Trinajstić information content (AvgIpc) is 3.14. The summed E-state index contributed by atoms with van der Waals surface area (Å²) in [7, 11) is 0. The lowest BCUT2D eigenvalue weighted by Crippen LogP contribution is -2.40. The van der Waals surface area contributed by atoms with Crippen LogP contribution >= 0.6 is 23.2 Å². The number of benzene rings is 1. The van der Waals surface area contributed by atoms with Crippen molar-refractivity contribution in [3.8, 4) is 0 Å². The quantitative estimate of drug-likeness (QED) is 0.728. The van der Waals surface area contributed by atoms with E-state index in [9.17, 15) is 14.4 Å². The smallest absolute Gasteiger partial charge is 0.322 e. The summed E-state index contributed by atoms with van der Waals surface area (Å²) in [5.41, 5.74) is 0.430. The molecule has 0 bridgehead atoms. The minimum atomic E-state index is -0.822. The highest BCUT2D eigenvalue weighted by Crippen LogP contribution is 2.46. The van der Waals surface area contributed by atoms with E-state index in [0.29, 0.717) is 10.0 Å². The molecule has 1 saturated carbocycles. The van der Waals surface area contributed by atoms with E-state index in [2.05, 4.69) is 16.0 Å². The summed E-state index contributed by atoms with van der Waals surface area (Å²) >= 11 is 11.9. The predicted molar refractivity (Wildman–Crippen MR) is 80.6 cm³/mol. The third kappa shape index (κ3) is 2.89. The van der Waals surface area contributed by atoms with Gasteiger partial charge in [0.05, 0.1) is 22.0 Å². The first kappa shape index (κ1) is 15.1. The molecule has 1 aliphatic heterocycles. The van der Waals surface area contributed by atoms with Crippen molar-refractivity contribution in [2.45, 2.75) is 30.8 Å². The molecular formula is C14H13Cl2N3O3. The Balaban J connectivity index is 1.67. The van der Waals surface area contributed by atoms with Gasteiger partial charge in [-0.1, -0.05) is 29.3 Å². The van der Waals surface area contributed by atoms with Crippen molar-refractivity contribution in [3.05, 3.63) is 33.8 Å². The van der Waals surface area contributed by atoms with Gasteiger partial charge < -0.3 is 10.6 Å². The fraction of sp³-hybridized carbons (Fsp3) is 0.357. The maximum absolute atomic E-state index is 12.1. The number of halogens is 2. The summed E-state index contributed by atoms with van der Waals surface area (Å²) in [5.74, 6) is -0.787. The van der Waals surface area contributed by atoms with Crippen molar-refractivity contribution in [1.82, 2.24) is 16.0 Å². The van der Waals surface area contributed by atoms with Crippen molar-refractivity contribution in [3.63, 3.8) is 0 Å². The third-order valence-electron chi connectivity index (χ3n) is 3.85. The van der Waals surface area contributed by atoms with Crippen LogP contribution in [0.2, 0.25) is 10.0 Å². The van der Waals surface area contributed by atoms with Gasteiger partial charge in [-0.3, -0.25) is 14.9 Å². The zero-order chi connectivity index (χ0) is 15.9. The fourth-order valence-corrected chi connectivity index (χ4v) is 2.81. The molecule has 0 radical (unpaired) electrons. The number of hydrogen-bond donors (Lipinski definition) is 3. The lowest BCUT2D eigenvalue weighted by Gasteiger charge is -2.19. The van der Waals surface area contributed by atoms with Gasteiger partial charge in [0.2, 0.25) is 5.91 Å². The van der Waals surface area contributed by atoms with Gasteiger partial charge in [-0.2, -0.15) is 0 Å². The van der Waals surface area contributed by atoms with Gasteiger partial charge in [-0.15, -0.1) is 0 Å². The first-order valence-electron chi connectivity index (χ1n) is 6.77. The molecule has 116 valence electrons. The van der Waals surface area contributed by atoms with Gasteiger partial charge in [-0.05, 0) is 30.5 Å². The lowest BCUT2D eigenvalue weighted by atomic mass is 10.0. The molecule has 0 unspecified atom stereocenters. The Hall–Kier alpha value is -1.79. The fourth-order valence-electron chi connectivity index (χ4n) is 2.51. The van der Waals surface area contributed by atoms with E-state index in [-0.39, 0.29) is 12.3 Å². The maximum Gasteiger partial charge on any atom is 0.322 e. The highest BCUT2D eigenvalue weighted by Gasteiger charge is 2.46. The summed E-state index contributed by atoms with van der Waals surface area (Å²) in [6, 6.07) is 3.86. The average molecular weight is 342 g/mol. The van der Waals surface area contributed by atoms with E-state index in [1.54, 1.807) is 12.1 Å². The molecule has 3 N–H and O–H groups in total. The van der Waals surface area contributed by atoms with Crippen LogP contribution in [0.1, 0.15) is 24.8 Å². The van der Waals surface area contributed by atoms with E-state index in [1.165, 1.54) is 0 Å². The second-order valence-electron chi connectivity index (χ2n) is 5.48. The Labute approximate surface area is 136 Å². The van der Waals surface area contributed by atoms with Crippen LogP contribution in [-0.2, 0) is 15.1 Å². The van der Waals surface area contributed by atoms with E-state index in [0.717, 1.165) is 18.4 Å². The zero-order valence-electron chi connectivity index (χ0n) is 11.4. The van der Waals surface area contributed by atoms with Gasteiger partial charge >= 0.3 is 6.03 Å². The molecule has 2 aliphatic rings. The van der Waals surface area contributed by atoms with E-state index >= 15 is 0 Å².